The predicted molar refractivity (Wildman–Crippen MR) is 94.4 cm³/mol. The first-order valence-corrected chi connectivity index (χ1v) is 7.72. The van der Waals surface area contributed by atoms with E-state index >= 15 is 0 Å². The summed E-state index contributed by atoms with van der Waals surface area (Å²) in [5.41, 5.74) is 4.98. The number of benzene rings is 2. The summed E-state index contributed by atoms with van der Waals surface area (Å²) >= 11 is 6.19. The van der Waals surface area contributed by atoms with Crippen LogP contribution in [0, 0.1) is 13.8 Å². The second-order valence-electron chi connectivity index (χ2n) is 5.36. The van der Waals surface area contributed by atoms with E-state index in [0.717, 1.165) is 23.1 Å². The van der Waals surface area contributed by atoms with Gasteiger partial charge in [0.15, 0.2) is 0 Å². The van der Waals surface area contributed by atoms with Crippen LogP contribution in [0.4, 0.5) is 5.69 Å². The van der Waals surface area contributed by atoms with Crippen LogP contribution in [0.25, 0.3) is 6.08 Å². The Hall–Kier alpha value is -2.06. The first-order chi connectivity index (χ1) is 10.5. The number of rotatable bonds is 4. The Morgan fingerprint density at radius 3 is 2.45 bits per heavy atom. The van der Waals surface area contributed by atoms with Crippen molar-refractivity contribution < 1.29 is 4.79 Å². The minimum absolute atomic E-state index is 0.187. The van der Waals surface area contributed by atoms with Crippen LogP contribution in [0.2, 0.25) is 5.02 Å². The Morgan fingerprint density at radius 2 is 1.86 bits per heavy atom. The third kappa shape index (κ3) is 4.22. The molecule has 0 bridgehead atoms. The molecular formula is C19H20ClNO. The average Bonchev–Trinajstić information content (AvgIpc) is 2.49. The minimum Gasteiger partial charge on any atom is -0.321 e. The molecular weight excluding hydrogens is 294 g/mol. The lowest BCUT2D eigenvalue weighted by Crippen LogP contribution is -2.09. The molecule has 0 fully saturated rings. The second-order valence-corrected chi connectivity index (χ2v) is 5.76. The molecule has 1 amide bonds. The zero-order chi connectivity index (χ0) is 16.1. The van der Waals surface area contributed by atoms with Gasteiger partial charge in [0, 0.05) is 6.08 Å². The number of amides is 1. The number of anilines is 1. The van der Waals surface area contributed by atoms with E-state index in [2.05, 4.69) is 24.4 Å². The first-order valence-electron chi connectivity index (χ1n) is 7.34. The van der Waals surface area contributed by atoms with Crippen LogP contribution < -0.4 is 5.32 Å². The molecule has 114 valence electrons. The molecule has 0 heterocycles. The topological polar surface area (TPSA) is 29.1 Å². The zero-order valence-electron chi connectivity index (χ0n) is 13.1. The Bertz CT molecular complexity index is 679. The Kier molecular flexibility index (Phi) is 5.40. The molecule has 22 heavy (non-hydrogen) atoms. The predicted octanol–water partition coefficient (Wildman–Crippen LogP) is 5.17. The van der Waals surface area contributed by atoms with Gasteiger partial charge in [0.1, 0.15) is 0 Å². The lowest BCUT2D eigenvalue weighted by Gasteiger charge is -2.10. The normalized spacial score (nSPS) is 10.9. The van der Waals surface area contributed by atoms with Crippen LogP contribution >= 0.6 is 11.6 Å². The van der Waals surface area contributed by atoms with Gasteiger partial charge in [-0.25, -0.2) is 0 Å². The smallest absolute Gasteiger partial charge is 0.248 e. The molecule has 0 saturated carbocycles. The first kappa shape index (κ1) is 16.3. The van der Waals surface area contributed by atoms with E-state index in [-0.39, 0.29) is 5.91 Å². The summed E-state index contributed by atoms with van der Waals surface area (Å²) in [5.74, 6) is -0.187. The highest BCUT2D eigenvalue weighted by Crippen LogP contribution is 2.27. The van der Waals surface area contributed by atoms with Gasteiger partial charge in [0.2, 0.25) is 5.91 Å². The van der Waals surface area contributed by atoms with Crippen molar-refractivity contribution >= 4 is 29.3 Å². The van der Waals surface area contributed by atoms with Gasteiger partial charge in [0.25, 0.3) is 0 Å². The third-order valence-corrected chi connectivity index (χ3v) is 3.79. The van der Waals surface area contributed by atoms with Gasteiger partial charge >= 0.3 is 0 Å². The maximum Gasteiger partial charge on any atom is 0.248 e. The number of carbonyl (C=O) groups excluding carboxylic acids is 1. The van der Waals surface area contributed by atoms with Gasteiger partial charge in [-0.15, -0.1) is 0 Å². The molecule has 0 aromatic heterocycles. The van der Waals surface area contributed by atoms with E-state index in [1.807, 2.05) is 38.1 Å². The number of nitrogens with one attached hydrogen (secondary N) is 1. The highest BCUT2D eigenvalue weighted by molar-refractivity contribution is 6.34. The van der Waals surface area contributed by atoms with Crippen LogP contribution in [0.5, 0.6) is 0 Å². The minimum atomic E-state index is -0.187. The molecule has 0 saturated heterocycles. The fourth-order valence-corrected chi connectivity index (χ4v) is 2.64. The molecule has 1 N–H and O–H groups in total. The van der Waals surface area contributed by atoms with E-state index in [0.29, 0.717) is 10.7 Å². The van der Waals surface area contributed by atoms with Gasteiger partial charge in [-0.3, -0.25) is 4.79 Å². The van der Waals surface area contributed by atoms with Crippen molar-refractivity contribution in [3.05, 3.63) is 69.8 Å². The van der Waals surface area contributed by atoms with Crippen LogP contribution in [0.15, 0.2) is 42.5 Å². The number of hydrogen-bond donors (Lipinski definition) is 1. The molecule has 2 nitrogen and oxygen atoms in total. The van der Waals surface area contributed by atoms with E-state index in [9.17, 15) is 4.79 Å². The summed E-state index contributed by atoms with van der Waals surface area (Å²) in [5, 5.41) is 3.40. The monoisotopic (exact) mass is 313 g/mol. The van der Waals surface area contributed by atoms with Gasteiger partial charge < -0.3 is 5.32 Å². The molecule has 0 aliphatic heterocycles. The summed E-state index contributed by atoms with van der Waals surface area (Å²) < 4.78 is 0. The molecule has 0 radical (unpaired) electrons. The Labute approximate surface area is 136 Å². The largest absolute Gasteiger partial charge is 0.321 e. The quantitative estimate of drug-likeness (QED) is 0.775. The van der Waals surface area contributed by atoms with Crippen LogP contribution in [0.1, 0.15) is 29.2 Å². The van der Waals surface area contributed by atoms with Gasteiger partial charge in [0.05, 0.1) is 10.7 Å². The maximum absolute atomic E-state index is 12.0. The fourth-order valence-electron chi connectivity index (χ4n) is 2.28. The van der Waals surface area contributed by atoms with Crippen LogP contribution in [0.3, 0.4) is 0 Å². The van der Waals surface area contributed by atoms with Crippen LogP contribution in [-0.2, 0) is 11.2 Å². The van der Waals surface area contributed by atoms with E-state index in [1.165, 1.54) is 11.6 Å². The number of carbonyl (C=O) groups is 1. The van der Waals surface area contributed by atoms with E-state index in [1.54, 1.807) is 6.08 Å². The third-order valence-electron chi connectivity index (χ3n) is 3.50. The molecule has 2 rings (SSSR count). The van der Waals surface area contributed by atoms with Crippen molar-refractivity contribution in [2.75, 3.05) is 5.32 Å². The van der Waals surface area contributed by atoms with Crippen molar-refractivity contribution in [2.45, 2.75) is 27.2 Å². The molecule has 2 aromatic carbocycles. The Balaban J connectivity index is 2.08. The number of hydrogen-bond acceptors (Lipinski definition) is 1. The molecule has 0 unspecified atom stereocenters. The summed E-state index contributed by atoms with van der Waals surface area (Å²) in [6.07, 6.45) is 4.33. The Morgan fingerprint density at radius 1 is 1.18 bits per heavy atom. The van der Waals surface area contributed by atoms with E-state index in [4.69, 9.17) is 11.6 Å². The lowest BCUT2D eigenvalue weighted by molar-refractivity contribution is -0.111. The number of aryl methyl sites for hydroxylation is 3. The summed E-state index contributed by atoms with van der Waals surface area (Å²) in [6, 6.07) is 12.0. The SMILES string of the molecule is CCc1ccc(/C=C/C(=O)Nc2c(C)cc(C)cc2Cl)cc1. The van der Waals surface area contributed by atoms with Crippen molar-refractivity contribution in [2.24, 2.45) is 0 Å². The average molecular weight is 314 g/mol. The molecule has 2 aromatic rings. The summed E-state index contributed by atoms with van der Waals surface area (Å²) in [6.45, 7) is 6.03. The molecule has 3 heteroatoms. The van der Waals surface area contributed by atoms with E-state index < -0.39 is 0 Å². The highest BCUT2D eigenvalue weighted by Gasteiger charge is 2.07. The fraction of sp³-hybridized carbons (Fsp3) is 0.211. The maximum atomic E-state index is 12.0. The second kappa shape index (κ2) is 7.28. The van der Waals surface area contributed by atoms with Gasteiger partial charge in [-0.05, 0) is 54.7 Å². The molecule has 0 aliphatic rings. The van der Waals surface area contributed by atoms with Gasteiger partial charge in [-0.1, -0.05) is 48.9 Å². The molecule has 0 spiro atoms. The van der Waals surface area contributed by atoms with Crippen molar-refractivity contribution in [1.29, 1.82) is 0 Å². The lowest BCUT2D eigenvalue weighted by atomic mass is 10.1. The molecule has 0 atom stereocenters. The van der Waals surface area contributed by atoms with Crippen molar-refractivity contribution in [3.8, 4) is 0 Å². The standard InChI is InChI=1S/C19H20ClNO/c1-4-15-5-7-16(8-6-15)9-10-18(22)21-19-14(3)11-13(2)12-17(19)20/h5-12H,4H2,1-3H3,(H,21,22)/b10-9+. The van der Waals surface area contributed by atoms with Crippen LogP contribution in [-0.4, -0.2) is 5.91 Å². The summed E-state index contributed by atoms with van der Waals surface area (Å²) in [7, 11) is 0. The van der Waals surface area contributed by atoms with Crippen molar-refractivity contribution in [1.82, 2.24) is 0 Å². The van der Waals surface area contributed by atoms with Crippen molar-refractivity contribution in [3.63, 3.8) is 0 Å². The summed E-state index contributed by atoms with van der Waals surface area (Å²) in [4.78, 5) is 12.0. The molecule has 0 aliphatic carbocycles. The zero-order valence-corrected chi connectivity index (χ0v) is 13.9. The van der Waals surface area contributed by atoms with Gasteiger partial charge in [-0.2, -0.15) is 0 Å². The number of halogens is 1. The highest BCUT2D eigenvalue weighted by atomic mass is 35.5.